The van der Waals surface area contributed by atoms with E-state index in [9.17, 15) is 18.8 Å². The zero-order chi connectivity index (χ0) is 17.4. The van der Waals surface area contributed by atoms with Crippen molar-refractivity contribution in [2.45, 2.75) is 39.2 Å². The first-order chi connectivity index (χ1) is 11.4. The van der Waals surface area contributed by atoms with E-state index in [1.165, 1.54) is 18.3 Å². The number of halogens is 3. The number of fused-ring (bicyclic) bond motifs is 1. The van der Waals surface area contributed by atoms with Crippen molar-refractivity contribution in [2.75, 3.05) is 5.32 Å². The van der Waals surface area contributed by atoms with E-state index < -0.39 is 18.0 Å². The van der Waals surface area contributed by atoms with Crippen molar-refractivity contribution in [1.82, 2.24) is 9.78 Å². The Morgan fingerprint density at radius 2 is 2.29 bits per heavy atom. The molecule has 24 heavy (non-hydrogen) atoms. The maximum Gasteiger partial charge on any atom is 0.283 e. The molecule has 1 aliphatic carbocycles. The summed E-state index contributed by atoms with van der Waals surface area (Å²) in [6.07, 6.45) is -0.0244. The number of aromatic nitrogens is 2. The fourth-order valence-corrected chi connectivity index (χ4v) is 4.23. The van der Waals surface area contributed by atoms with Crippen molar-refractivity contribution in [1.29, 1.82) is 5.26 Å². The Kier molecular flexibility index (Phi) is 4.56. The molecule has 5 nitrogen and oxygen atoms in total. The largest absolute Gasteiger partial charge is 0.315 e. The highest BCUT2D eigenvalue weighted by molar-refractivity contribution is 7.16. The average molecular weight is 371 g/mol. The highest BCUT2D eigenvalue weighted by Crippen LogP contribution is 2.38. The van der Waals surface area contributed by atoms with Crippen molar-refractivity contribution in [2.24, 2.45) is 0 Å². The van der Waals surface area contributed by atoms with Gasteiger partial charge in [-0.05, 0) is 31.7 Å². The van der Waals surface area contributed by atoms with Crippen LogP contribution in [0.2, 0.25) is 5.02 Å². The maximum atomic E-state index is 12.8. The fraction of sp³-hybridized carbons (Fsp3) is 0.400. The lowest BCUT2D eigenvalue weighted by Crippen LogP contribution is -2.20. The first-order valence-corrected chi connectivity index (χ1v) is 8.47. The van der Waals surface area contributed by atoms with Gasteiger partial charge >= 0.3 is 0 Å². The van der Waals surface area contributed by atoms with E-state index in [4.69, 9.17) is 11.6 Å². The van der Waals surface area contributed by atoms with Crippen LogP contribution in [0.3, 0.4) is 0 Å². The Morgan fingerprint density at radius 1 is 1.54 bits per heavy atom. The summed E-state index contributed by atoms with van der Waals surface area (Å²) in [5, 5.41) is 16.1. The van der Waals surface area contributed by atoms with Gasteiger partial charge in [0.25, 0.3) is 6.43 Å². The van der Waals surface area contributed by atoms with Gasteiger partial charge in [-0.2, -0.15) is 10.4 Å². The van der Waals surface area contributed by atoms with Crippen molar-refractivity contribution in [3.8, 4) is 6.07 Å². The number of hydrogen-bond acceptors (Lipinski definition) is 4. The number of nitrogens with zero attached hydrogens (tertiary/aromatic N) is 3. The van der Waals surface area contributed by atoms with E-state index in [0.29, 0.717) is 16.3 Å². The molecule has 2 heterocycles. The summed E-state index contributed by atoms with van der Waals surface area (Å²) in [6, 6.07) is 2.14. The van der Waals surface area contributed by atoms with E-state index >= 15 is 0 Å². The Hall–Kier alpha value is -1.98. The summed E-state index contributed by atoms with van der Waals surface area (Å²) in [6.45, 7) is 1.28. The van der Waals surface area contributed by atoms with E-state index in [1.807, 2.05) is 0 Å². The smallest absolute Gasteiger partial charge is 0.283 e. The molecule has 2 aromatic rings. The van der Waals surface area contributed by atoms with Gasteiger partial charge in [-0.1, -0.05) is 11.6 Å². The SMILES string of the molecule is Cc1c(Cl)c(C(F)F)nn1CC(=O)Nc1sc2c(c1C#N)CCC2. The van der Waals surface area contributed by atoms with Gasteiger partial charge in [0.05, 0.1) is 16.3 Å². The zero-order valence-electron chi connectivity index (χ0n) is 12.7. The third kappa shape index (κ3) is 2.89. The van der Waals surface area contributed by atoms with E-state index in [0.717, 1.165) is 34.4 Å². The first-order valence-electron chi connectivity index (χ1n) is 7.27. The molecule has 1 amide bonds. The molecule has 0 radical (unpaired) electrons. The average Bonchev–Trinajstić information content (AvgIpc) is 3.16. The molecule has 0 unspecified atom stereocenters. The number of amides is 1. The summed E-state index contributed by atoms with van der Waals surface area (Å²) in [4.78, 5) is 13.3. The van der Waals surface area contributed by atoms with Crippen LogP contribution in [0.4, 0.5) is 13.8 Å². The molecular weight excluding hydrogens is 358 g/mol. The van der Waals surface area contributed by atoms with Crippen LogP contribution in [0.1, 0.15) is 40.2 Å². The maximum absolute atomic E-state index is 12.8. The van der Waals surface area contributed by atoms with E-state index in [-0.39, 0.29) is 11.6 Å². The molecule has 0 aromatic carbocycles. The number of hydrogen-bond donors (Lipinski definition) is 1. The predicted molar refractivity (Wildman–Crippen MR) is 86.6 cm³/mol. The Bertz CT molecular complexity index is 853. The minimum atomic E-state index is -2.80. The fourth-order valence-electron chi connectivity index (χ4n) is 2.75. The molecule has 0 atom stereocenters. The first kappa shape index (κ1) is 16.9. The second-order valence-electron chi connectivity index (χ2n) is 5.46. The predicted octanol–water partition coefficient (Wildman–Crippen LogP) is 3.84. The summed E-state index contributed by atoms with van der Waals surface area (Å²) in [5.74, 6) is -0.436. The van der Waals surface area contributed by atoms with Gasteiger partial charge in [0.2, 0.25) is 5.91 Å². The van der Waals surface area contributed by atoms with Gasteiger partial charge in [0.15, 0.2) is 0 Å². The molecule has 9 heteroatoms. The number of aryl methyl sites for hydroxylation is 1. The topological polar surface area (TPSA) is 70.7 Å². The van der Waals surface area contributed by atoms with Crippen molar-refractivity contribution < 1.29 is 13.6 Å². The van der Waals surface area contributed by atoms with Gasteiger partial charge in [0, 0.05) is 4.88 Å². The third-order valence-electron chi connectivity index (χ3n) is 3.94. The van der Waals surface area contributed by atoms with Crippen molar-refractivity contribution in [3.05, 3.63) is 32.4 Å². The quantitative estimate of drug-likeness (QED) is 0.888. The lowest BCUT2D eigenvalue weighted by molar-refractivity contribution is -0.116. The molecule has 3 rings (SSSR count). The van der Waals surface area contributed by atoms with Crippen LogP contribution in [0.25, 0.3) is 0 Å². The lowest BCUT2D eigenvalue weighted by Gasteiger charge is -2.06. The van der Waals surface area contributed by atoms with Crippen LogP contribution in [-0.2, 0) is 24.2 Å². The Balaban J connectivity index is 1.78. The van der Waals surface area contributed by atoms with Crippen LogP contribution in [0.15, 0.2) is 0 Å². The van der Waals surface area contributed by atoms with Gasteiger partial charge in [-0.15, -0.1) is 11.3 Å². The second kappa shape index (κ2) is 6.49. The highest BCUT2D eigenvalue weighted by Gasteiger charge is 2.24. The molecule has 0 saturated heterocycles. The van der Waals surface area contributed by atoms with Gasteiger partial charge in [0.1, 0.15) is 23.3 Å². The van der Waals surface area contributed by atoms with E-state index in [2.05, 4.69) is 16.5 Å². The third-order valence-corrected chi connectivity index (χ3v) is 5.62. The summed E-state index contributed by atoms with van der Waals surface area (Å²) in [5.41, 5.74) is 1.28. The molecule has 126 valence electrons. The number of carbonyl (C=O) groups is 1. The number of nitriles is 1. The molecule has 0 spiro atoms. The van der Waals surface area contributed by atoms with Crippen LogP contribution in [0.5, 0.6) is 0 Å². The molecule has 1 aliphatic rings. The van der Waals surface area contributed by atoms with Gasteiger partial charge < -0.3 is 5.32 Å². The number of anilines is 1. The number of rotatable bonds is 4. The number of carbonyl (C=O) groups excluding carboxylic acids is 1. The highest BCUT2D eigenvalue weighted by atomic mass is 35.5. The lowest BCUT2D eigenvalue weighted by atomic mass is 10.1. The zero-order valence-corrected chi connectivity index (χ0v) is 14.3. The van der Waals surface area contributed by atoms with Gasteiger partial charge in [-0.3, -0.25) is 9.48 Å². The standard InChI is InChI=1S/C15H13ClF2N4OS/c1-7-12(16)13(14(17)18)21-22(7)6-11(23)20-15-9(5-19)8-3-2-4-10(8)24-15/h14H,2-4,6H2,1H3,(H,20,23). The minimum Gasteiger partial charge on any atom is -0.315 e. The van der Waals surface area contributed by atoms with Crippen LogP contribution < -0.4 is 5.32 Å². The monoisotopic (exact) mass is 370 g/mol. The summed E-state index contributed by atoms with van der Waals surface area (Å²) >= 11 is 7.21. The molecule has 0 bridgehead atoms. The molecule has 2 aromatic heterocycles. The van der Waals surface area contributed by atoms with Crippen molar-refractivity contribution >= 4 is 33.8 Å². The molecule has 1 N–H and O–H groups in total. The van der Waals surface area contributed by atoms with E-state index in [1.54, 1.807) is 0 Å². The Labute approximate surface area is 145 Å². The normalized spacial score (nSPS) is 13.2. The van der Waals surface area contributed by atoms with Crippen LogP contribution in [-0.4, -0.2) is 15.7 Å². The number of nitrogens with one attached hydrogen (secondary N) is 1. The van der Waals surface area contributed by atoms with Crippen LogP contribution in [0, 0.1) is 18.3 Å². The molecule has 0 fully saturated rings. The molecular formula is C15H13ClF2N4OS. The molecule has 0 saturated carbocycles. The van der Waals surface area contributed by atoms with Crippen molar-refractivity contribution in [3.63, 3.8) is 0 Å². The summed E-state index contributed by atoms with van der Waals surface area (Å²) < 4.78 is 26.7. The number of thiophene rings is 1. The minimum absolute atomic E-state index is 0.134. The molecule has 0 aliphatic heterocycles. The second-order valence-corrected chi connectivity index (χ2v) is 6.95. The summed E-state index contributed by atoms with van der Waals surface area (Å²) in [7, 11) is 0. The Morgan fingerprint density at radius 3 is 2.92 bits per heavy atom. The van der Waals surface area contributed by atoms with Gasteiger partial charge in [-0.25, -0.2) is 8.78 Å². The number of alkyl halides is 2. The van der Waals surface area contributed by atoms with Crippen LogP contribution >= 0.6 is 22.9 Å².